The van der Waals surface area contributed by atoms with Crippen LogP contribution in [-0.2, 0) is 9.47 Å². The van der Waals surface area contributed by atoms with Gasteiger partial charge >= 0.3 is 0 Å². The molecule has 2 fully saturated rings. The first-order valence-corrected chi connectivity index (χ1v) is 9.47. The van der Waals surface area contributed by atoms with Crippen molar-refractivity contribution in [3.05, 3.63) is 29.8 Å². The van der Waals surface area contributed by atoms with E-state index in [4.69, 9.17) is 14.2 Å². The highest BCUT2D eigenvalue weighted by molar-refractivity contribution is 5.97. The van der Waals surface area contributed by atoms with E-state index in [2.05, 4.69) is 5.32 Å². The minimum Gasteiger partial charge on any atom is -0.490 e. The number of hydrogen-bond acceptors (Lipinski definition) is 4. The van der Waals surface area contributed by atoms with Crippen LogP contribution in [0.4, 0.5) is 0 Å². The summed E-state index contributed by atoms with van der Waals surface area (Å²) in [5.74, 6) is 0.513. The molecule has 1 unspecified atom stereocenters. The Morgan fingerprint density at radius 3 is 2.84 bits per heavy atom. The third kappa shape index (κ3) is 4.73. The molecule has 5 heteroatoms. The molecule has 1 aromatic rings. The Bertz CT molecular complexity index is 569. The van der Waals surface area contributed by atoms with Crippen molar-refractivity contribution in [1.82, 2.24) is 5.32 Å². The molecule has 0 aromatic heterocycles. The molecule has 25 heavy (non-hydrogen) atoms. The van der Waals surface area contributed by atoms with Gasteiger partial charge in [0.15, 0.2) is 0 Å². The fourth-order valence-corrected chi connectivity index (χ4v) is 3.88. The van der Waals surface area contributed by atoms with Crippen LogP contribution in [0.15, 0.2) is 24.3 Å². The van der Waals surface area contributed by atoms with Crippen LogP contribution in [0.2, 0.25) is 0 Å². The Morgan fingerprint density at radius 1 is 1.24 bits per heavy atom. The van der Waals surface area contributed by atoms with Crippen molar-refractivity contribution < 1.29 is 19.0 Å². The Balaban J connectivity index is 1.56. The van der Waals surface area contributed by atoms with Crippen molar-refractivity contribution >= 4 is 5.91 Å². The second kappa shape index (κ2) is 8.68. The summed E-state index contributed by atoms with van der Waals surface area (Å²) in [6, 6.07) is 7.45. The number of ether oxygens (including phenoxy) is 3. The molecular weight excluding hydrogens is 318 g/mol. The highest BCUT2D eigenvalue weighted by Gasteiger charge is 2.41. The van der Waals surface area contributed by atoms with Gasteiger partial charge in [-0.15, -0.1) is 0 Å². The maximum Gasteiger partial charge on any atom is 0.255 e. The average molecular weight is 347 g/mol. The quantitative estimate of drug-likeness (QED) is 0.769. The number of para-hydroxylation sites is 1. The van der Waals surface area contributed by atoms with Crippen LogP contribution in [0.3, 0.4) is 0 Å². The highest BCUT2D eigenvalue weighted by Crippen LogP contribution is 2.39. The summed E-state index contributed by atoms with van der Waals surface area (Å²) in [7, 11) is 0. The lowest BCUT2D eigenvalue weighted by atomic mass is 9.82. The molecule has 138 valence electrons. The van der Waals surface area contributed by atoms with Crippen molar-refractivity contribution in [3.63, 3.8) is 0 Å². The Hall–Kier alpha value is -1.59. The Morgan fingerprint density at radius 2 is 2.04 bits per heavy atom. The first kappa shape index (κ1) is 18.2. The first-order chi connectivity index (χ1) is 12.2. The zero-order valence-corrected chi connectivity index (χ0v) is 15.1. The van der Waals surface area contributed by atoms with Crippen LogP contribution < -0.4 is 10.1 Å². The topological polar surface area (TPSA) is 56.8 Å². The van der Waals surface area contributed by atoms with Crippen molar-refractivity contribution in [2.75, 3.05) is 26.4 Å². The average Bonchev–Trinajstić information content (AvgIpc) is 3.01. The van der Waals surface area contributed by atoms with E-state index in [0.717, 1.165) is 19.3 Å². The largest absolute Gasteiger partial charge is 0.490 e. The van der Waals surface area contributed by atoms with Gasteiger partial charge in [-0.2, -0.15) is 0 Å². The highest BCUT2D eigenvalue weighted by atomic mass is 16.5. The zero-order valence-electron chi connectivity index (χ0n) is 15.1. The van der Waals surface area contributed by atoms with Crippen molar-refractivity contribution in [3.8, 4) is 5.75 Å². The molecule has 1 atom stereocenters. The van der Waals surface area contributed by atoms with Gasteiger partial charge in [0.2, 0.25) is 0 Å². The summed E-state index contributed by atoms with van der Waals surface area (Å²) in [6.07, 6.45) is 6.93. The Kier molecular flexibility index (Phi) is 6.32. The van der Waals surface area contributed by atoms with Gasteiger partial charge < -0.3 is 19.5 Å². The van der Waals surface area contributed by atoms with E-state index in [1.165, 1.54) is 19.3 Å². The van der Waals surface area contributed by atoms with E-state index in [1.807, 2.05) is 25.1 Å². The number of rotatable bonds is 7. The molecule has 1 aliphatic heterocycles. The summed E-state index contributed by atoms with van der Waals surface area (Å²) in [5.41, 5.74) is 0.576. The number of nitrogens with one attached hydrogen (secondary N) is 1. The van der Waals surface area contributed by atoms with Gasteiger partial charge in [-0.1, -0.05) is 31.4 Å². The summed E-state index contributed by atoms with van der Waals surface area (Å²) >= 11 is 0. The predicted octanol–water partition coefficient (Wildman–Crippen LogP) is 3.32. The third-order valence-electron chi connectivity index (χ3n) is 5.13. The van der Waals surface area contributed by atoms with Crippen LogP contribution in [0.1, 0.15) is 55.8 Å². The molecule has 1 saturated carbocycles. The maximum absolute atomic E-state index is 12.7. The second-order valence-corrected chi connectivity index (χ2v) is 6.97. The SMILES string of the molecule is CCOCCOc1ccccc1C(=O)NC1COC2(CCCCC2)C1. The predicted molar refractivity (Wildman–Crippen MR) is 96.1 cm³/mol. The van der Waals surface area contributed by atoms with Crippen molar-refractivity contribution in [2.24, 2.45) is 0 Å². The normalized spacial score (nSPS) is 22.0. The molecule has 1 N–H and O–H groups in total. The van der Waals surface area contributed by atoms with E-state index in [-0.39, 0.29) is 17.6 Å². The number of benzene rings is 1. The van der Waals surface area contributed by atoms with Gasteiger partial charge in [-0.25, -0.2) is 0 Å². The summed E-state index contributed by atoms with van der Waals surface area (Å²) in [6.45, 7) is 4.18. The van der Waals surface area contributed by atoms with Gasteiger partial charge in [-0.3, -0.25) is 4.79 Å². The molecule has 1 spiro atoms. The fraction of sp³-hybridized carbons (Fsp3) is 0.650. The molecule has 1 aliphatic carbocycles. The standard InChI is InChI=1S/C20H29NO4/c1-2-23-12-13-24-18-9-5-4-8-17(18)19(22)21-16-14-20(25-15-16)10-6-3-7-11-20/h4-5,8-9,16H,2-3,6-7,10-15H2,1H3,(H,21,22). The monoisotopic (exact) mass is 347 g/mol. The molecule has 0 radical (unpaired) electrons. The second-order valence-electron chi connectivity index (χ2n) is 6.97. The third-order valence-corrected chi connectivity index (χ3v) is 5.13. The lowest BCUT2D eigenvalue weighted by Crippen LogP contribution is -2.37. The summed E-state index contributed by atoms with van der Waals surface area (Å²) in [4.78, 5) is 12.7. The van der Waals surface area contributed by atoms with E-state index in [9.17, 15) is 4.79 Å². The van der Waals surface area contributed by atoms with E-state index < -0.39 is 0 Å². The van der Waals surface area contributed by atoms with Crippen LogP contribution in [-0.4, -0.2) is 44.0 Å². The first-order valence-electron chi connectivity index (χ1n) is 9.47. The minimum absolute atomic E-state index is 0.00368. The van der Waals surface area contributed by atoms with Crippen LogP contribution >= 0.6 is 0 Å². The minimum atomic E-state index is -0.0894. The van der Waals surface area contributed by atoms with Gasteiger partial charge in [0.05, 0.1) is 30.4 Å². The van der Waals surface area contributed by atoms with E-state index in [1.54, 1.807) is 6.07 Å². The summed E-state index contributed by atoms with van der Waals surface area (Å²) < 4.78 is 17.1. The maximum atomic E-state index is 12.7. The molecule has 1 saturated heterocycles. The molecule has 1 heterocycles. The molecular formula is C20H29NO4. The molecule has 1 aromatic carbocycles. The fourth-order valence-electron chi connectivity index (χ4n) is 3.88. The number of carbonyl (C=O) groups excluding carboxylic acids is 1. The zero-order chi connectivity index (χ0) is 17.5. The number of hydrogen-bond donors (Lipinski definition) is 1. The molecule has 5 nitrogen and oxygen atoms in total. The van der Waals surface area contributed by atoms with Crippen LogP contribution in [0, 0.1) is 0 Å². The van der Waals surface area contributed by atoms with Gasteiger partial charge in [0, 0.05) is 6.61 Å². The van der Waals surface area contributed by atoms with E-state index in [0.29, 0.717) is 37.7 Å². The molecule has 2 aliphatic rings. The van der Waals surface area contributed by atoms with Crippen molar-refractivity contribution in [1.29, 1.82) is 0 Å². The Labute approximate surface area is 150 Å². The van der Waals surface area contributed by atoms with Crippen LogP contribution in [0.25, 0.3) is 0 Å². The summed E-state index contributed by atoms with van der Waals surface area (Å²) in [5, 5.41) is 3.13. The molecule has 3 rings (SSSR count). The number of carbonyl (C=O) groups is 1. The number of amides is 1. The molecule has 0 bridgehead atoms. The smallest absolute Gasteiger partial charge is 0.255 e. The van der Waals surface area contributed by atoms with Crippen molar-refractivity contribution in [2.45, 2.75) is 57.1 Å². The van der Waals surface area contributed by atoms with Gasteiger partial charge in [0.1, 0.15) is 12.4 Å². The molecule has 1 amide bonds. The lowest BCUT2D eigenvalue weighted by molar-refractivity contribution is -0.0246. The van der Waals surface area contributed by atoms with Gasteiger partial charge in [-0.05, 0) is 38.3 Å². The lowest BCUT2D eigenvalue weighted by Gasteiger charge is -2.32. The van der Waals surface area contributed by atoms with Crippen LogP contribution in [0.5, 0.6) is 5.75 Å². The van der Waals surface area contributed by atoms with E-state index >= 15 is 0 Å². The van der Waals surface area contributed by atoms with Gasteiger partial charge in [0.25, 0.3) is 5.91 Å².